The first-order chi connectivity index (χ1) is 11.4. The van der Waals surface area contributed by atoms with Crippen LogP contribution in [0.1, 0.15) is 36.6 Å². The van der Waals surface area contributed by atoms with E-state index in [1.54, 1.807) is 27.3 Å². The summed E-state index contributed by atoms with van der Waals surface area (Å²) in [6.07, 6.45) is 4.38. The van der Waals surface area contributed by atoms with Gasteiger partial charge < -0.3 is 4.74 Å². The standard InChI is InChI=1S/C17H23N3O3S/c1-13-7-8-16(23-3)17(12-13)24(21,22)20-11-5-4-6-15(20)14-9-10-18-19(14)2/h7-10,12,15H,4-6,11H2,1-3H3/t15-/m0/s1. The summed E-state index contributed by atoms with van der Waals surface area (Å²) in [6, 6.07) is 6.95. The molecule has 2 heterocycles. The van der Waals surface area contributed by atoms with Gasteiger partial charge in [0.15, 0.2) is 0 Å². The van der Waals surface area contributed by atoms with E-state index in [0.29, 0.717) is 12.3 Å². The topological polar surface area (TPSA) is 64.4 Å². The summed E-state index contributed by atoms with van der Waals surface area (Å²) in [5.41, 5.74) is 1.81. The van der Waals surface area contributed by atoms with Crippen LogP contribution in [-0.2, 0) is 17.1 Å². The number of sulfonamides is 1. The molecule has 7 heteroatoms. The fraction of sp³-hybridized carbons (Fsp3) is 0.471. The smallest absolute Gasteiger partial charge is 0.247 e. The quantitative estimate of drug-likeness (QED) is 0.851. The van der Waals surface area contributed by atoms with Crippen LogP contribution in [0.25, 0.3) is 0 Å². The van der Waals surface area contributed by atoms with Gasteiger partial charge in [-0.25, -0.2) is 8.42 Å². The van der Waals surface area contributed by atoms with Crippen molar-refractivity contribution < 1.29 is 13.2 Å². The van der Waals surface area contributed by atoms with Crippen LogP contribution >= 0.6 is 0 Å². The van der Waals surface area contributed by atoms with Crippen molar-refractivity contribution in [3.05, 3.63) is 41.7 Å². The molecule has 1 fully saturated rings. The molecule has 0 radical (unpaired) electrons. The van der Waals surface area contributed by atoms with Crippen LogP contribution in [0, 0.1) is 6.92 Å². The van der Waals surface area contributed by atoms with E-state index in [1.165, 1.54) is 7.11 Å². The van der Waals surface area contributed by atoms with Gasteiger partial charge in [-0.1, -0.05) is 12.5 Å². The van der Waals surface area contributed by atoms with E-state index in [2.05, 4.69) is 5.10 Å². The van der Waals surface area contributed by atoms with Crippen molar-refractivity contribution in [3.8, 4) is 5.75 Å². The van der Waals surface area contributed by atoms with Crippen LogP contribution in [-0.4, -0.2) is 36.2 Å². The Morgan fingerprint density at radius 3 is 2.71 bits per heavy atom. The number of rotatable bonds is 4. The van der Waals surface area contributed by atoms with Gasteiger partial charge in [0, 0.05) is 19.8 Å². The highest BCUT2D eigenvalue weighted by atomic mass is 32.2. The number of benzene rings is 1. The summed E-state index contributed by atoms with van der Waals surface area (Å²) in [5.74, 6) is 0.384. The molecule has 2 aromatic rings. The lowest BCUT2D eigenvalue weighted by atomic mass is 10.0. The second-order valence-corrected chi connectivity index (χ2v) is 8.02. The molecule has 0 amide bonds. The summed E-state index contributed by atoms with van der Waals surface area (Å²) < 4.78 is 35.4. The first kappa shape index (κ1) is 17.0. The zero-order valence-electron chi connectivity index (χ0n) is 14.3. The second kappa shape index (κ2) is 6.57. The van der Waals surface area contributed by atoms with E-state index in [1.807, 2.05) is 26.1 Å². The maximum atomic E-state index is 13.4. The first-order valence-electron chi connectivity index (χ1n) is 8.09. The maximum absolute atomic E-state index is 13.4. The summed E-state index contributed by atoms with van der Waals surface area (Å²) in [5, 5.41) is 4.20. The van der Waals surface area contributed by atoms with E-state index in [4.69, 9.17) is 4.74 Å². The molecule has 0 bridgehead atoms. The predicted molar refractivity (Wildman–Crippen MR) is 91.4 cm³/mol. The van der Waals surface area contributed by atoms with Gasteiger partial charge in [0.05, 0.1) is 18.8 Å². The minimum atomic E-state index is -3.65. The second-order valence-electron chi connectivity index (χ2n) is 6.16. The molecular formula is C17H23N3O3S. The van der Waals surface area contributed by atoms with Crippen molar-refractivity contribution >= 4 is 10.0 Å². The monoisotopic (exact) mass is 349 g/mol. The summed E-state index contributed by atoms with van der Waals surface area (Å²) in [6.45, 7) is 2.39. The van der Waals surface area contributed by atoms with Gasteiger partial charge in [0.2, 0.25) is 10.0 Å². The zero-order chi connectivity index (χ0) is 17.3. The Labute approximate surface area is 143 Å². The van der Waals surface area contributed by atoms with Gasteiger partial charge in [-0.15, -0.1) is 0 Å². The average Bonchev–Trinajstić information content (AvgIpc) is 3.00. The number of hydrogen-bond acceptors (Lipinski definition) is 4. The average molecular weight is 349 g/mol. The minimum absolute atomic E-state index is 0.193. The van der Waals surface area contributed by atoms with Crippen molar-refractivity contribution in [1.29, 1.82) is 0 Å². The molecule has 0 spiro atoms. The van der Waals surface area contributed by atoms with E-state index in [9.17, 15) is 8.42 Å². The van der Waals surface area contributed by atoms with Gasteiger partial charge in [-0.3, -0.25) is 4.68 Å². The van der Waals surface area contributed by atoms with Crippen LogP contribution in [0.4, 0.5) is 0 Å². The molecule has 1 aromatic heterocycles. The fourth-order valence-corrected chi connectivity index (χ4v) is 5.22. The molecule has 130 valence electrons. The normalized spacial score (nSPS) is 19.4. The van der Waals surface area contributed by atoms with Crippen LogP contribution in [0.2, 0.25) is 0 Å². The lowest BCUT2D eigenvalue weighted by Gasteiger charge is -2.35. The summed E-state index contributed by atoms with van der Waals surface area (Å²) in [7, 11) is -0.304. The molecule has 24 heavy (non-hydrogen) atoms. The maximum Gasteiger partial charge on any atom is 0.247 e. The highest BCUT2D eigenvalue weighted by Gasteiger charge is 2.37. The van der Waals surface area contributed by atoms with Gasteiger partial charge in [-0.05, 0) is 43.5 Å². The molecule has 3 rings (SSSR count). The molecule has 1 aliphatic heterocycles. The van der Waals surface area contributed by atoms with Crippen molar-refractivity contribution in [2.45, 2.75) is 37.1 Å². The Hall–Kier alpha value is -1.86. The lowest BCUT2D eigenvalue weighted by Crippen LogP contribution is -2.39. The van der Waals surface area contributed by atoms with Gasteiger partial charge >= 0.3 is 0 Å². The number of hydrogen-bond donors (Lipinski definition) is 0. The first-order valence-corrected chi connectivity index (χ1v) is 9.53. The predicted octanol–water partition coefficient (Wildman–Crippen LogP) is 2.65. The molecule has 1 saturated heterocycles. The summed E-state index contributed by atoms with van der Waals surface area (Å²) in [4.78, 5) is 0.235. The molecule has 0 saturated carbocycles. The van der Waals surface area contributed by atoms with Gasteiger partial charge in [-0.2, -0.15) is 9.40 Å². The van der Waals surface area contributed by atoms with Crippen LogP contribution in [0.15, 0.2) is 35.4 Å². The molecule has 1 aliphatic rings. The molecular weight excluding hydrogens is 326 g/mol. The largest absolute Gasteiger partial charge is 0.495 e. The third-order valence-electron chi connectivity index (χ3n) is 4.56. The SMILES string of the molecule is COc1ccc(C)cc1S(=O)(=O)N1CCCC[C@H]1c1ccnn1C. The van der Waals surface area contributed by atoms with Gasteiger partial charge in [0.25, 0.3) is 0 Å². The molecule has 0 N–H and O–H groups in total. The Morgan fingerprint density at radius 2 is 2.04 bits per heavy atom. The number of aryl methyl sites for hydroxylation is 2. The number of aromatic nitrogens is 2. The Bertz CT molecular complexity index is 829. The molecule has 1 atom stereocenters. The minimum Gasteiger partial charge on any atom is -0.495 e. The molecule has 1 aromatic carbocycles. The summed E-state index contributed by atoms with van der Waals surface area (Å²) >= 11 is 0. The molecule has 0 aliphatic carbocycles. The van der Waals surface area contributed by atoms with Crippen molar-refractivity contribution in [2.75, 3.05) is 13.7 Å². The highest BCUT2D eigenvalue weighted by molar-refractivity contribution is 7.89. The van der Waals surface area contributed by atoms with Gasteiger partial charge in [0.1, 0.15) is 10.6 Å². The van der Waals surface area contributed by atoms with E-state index < -0.39 is 10.0 Å². The van der Waals surface area contributed by atoms with Crippen molar-refractivity contribution in [3.63, 3.8) is 0 Å². The lowest BCUT2D eigenvalue weighted by molar-refractivity contribution is 0.245. The van der Waals surface area contributed by atoms with E-state index >= 15 is 0 Å². The fourth-order valence-electron chi connectivity index (χ4n) is 3.31. The number of piperidine rings is 1. The molecule has 6 nitrogen and oxygen atoms in total. The Morgan fingerprint density at radius 1 is 1.25 bits per heavy atom. The number of methoxy groups -OCH3 is 1. The van der Waals surface area contributed by atoms with E-state index in [0.717, 1.165) is 30.5 Å². The third kappa shape index (κ3) is 2.93. The van der Waals surface area contributed by atoms with Crippen molar-refractivity contribution in [2.24, 2.45) is 7.05 Å². The highest BCUT2D eigenvalue weighted by Crippen LogP contribution is 2.37. The molecule has 0 unspecified atom stereocenters. The van der Waals surface area contributed by atoms with Crippen LogP contribution in [0.3, 0.4) is 0 Å². The Kier molecular flexibility index (Phi) is 4.64. The van der Waals surface area contributed by atoms with E-state index in [-0.39, 0.29) is 10.9 Å². The Balaban J connectivity index is 2.07. The van der Waals surface area contributed by atoms with Crippen LogP contribution < -0.4 is 4.74 Å². The third-order valence-corrected chi connectivity index (χ3v) is 6.49. The number of nitrogens with zero attached hydrogens (tertiary/aromatic N) is 3. The zero-order valence-corrected chi connectivity index (χ0v) is 15.1. The van der Waals surface area contributed by atoms with Crippen molar-refractivity contribution in [1.82, 2.24) is 14.1 Å². The number of ether oxygens (including phenoxy) is 1. The van der Waals surface area contributed by atoms with Crippen LogP contribution in [0.5, 0.6) is 5.75 Å².